The lowest BCUT2D eigenvalue weighted by Gasteiger charge is -2.13. The second-order valence-electron chi connectivity index (χ2n) is 4.14. The maximum atomic E-state index is 10.9. The summed E-state index contributed by atoms with van der Waals surface area (Å²) in [6.45, 7) is 5.11. The van der Waals surface area contributed by atoms with Gasteiger partial charge in [-0.15, -0.1) is 0 Å². The third-order valence-electron chi connectivity index (χ3n) is 2.25. The van der Waals surface area contributed by atoms with Crippen molar-refractivity contribution in [2.75, 3.05) is 13.7 Å². The molecule has 0 saturated heterocycles. The molecule has 0 aliphatic carbocycles. The highest BCUT2D eigenvalue weighted by Gasteiger charge is 2.06. The molecule has 1 aromatic heterocycles. The van der Waals surface area contributed by atoms with E-state index >= 15 is 0 Å². The Labute approximate surface area is 108 Å². The van der Waals surface area contributed by atoms with E-state index in [1.165, 1.54) is 7.11 Å². The minimum Gasteiger partial charge on any atom is -0.475 e. The van der Waals surface area contributed by atoms with Gasteiger partial charge in [-0.25, -0.2) is 4.98 Å². The van der Waals surface area contributed by atoms with Gasteiger partial charge in [0.1, 0.15) is 0 Å². The molecule has 0 unspecified atom stereocenters. The van der Waals surface area contributed by atoms with E-state index in [0.717, 1.165) is 5.56 Å². The van der Waals surface area contributed by atoms with Crippen LogP contribution in [-0.2, 0) is 16.1 Å². The number of methoxy groups -OCH3 is 1. The lowest BCUT2D eigenvalue weighted by molar-refractivity contribution is -0.140. The fourth-order valence-corrected chi connectivity index (χ4v) is 1.40. The number of nitrogens with zero attached hydrogens (tertiary/aromatic N) is 1. The molecule has 1 aromatic rings. The van der Waals surface area contributed by atoms with Crippen molar-refractivity contribution in [1.29, 1.82) is 0 Å². The van der Waals surface area contributed by atoms with Crippen molar-refractivity contribution in [3.63, 3.8) is 0 Å². The first kappa shape index (κ1) is 14.4. The molecule has 0 fully saturated rings. The van der Waals surface area contributed by atoms with E-state index in [4.69, 9.17) is 4.74 Å². The van der Waals surface area contributed by atoms with E-state index in [2.05, 4.69) is 15.0 Å². The molecule has 1 N–H and O–H groups in total. The van der Waals surface area contributed by atoms with Crippen LogP contribution in [-0.4, -0.2) is 30.7 Å². The number of hydrogen-bond acceptors (Lipinski definition) is 5. The summed E-state index contributed by atoms with van der Waals surface area (Å²) in [6.07, 6.45) is 2.15. The van der Waals surface area contributed by atoms with Crippen molar-refractivity contribution in [1.82, 2.24) is 10.3 Å². The highest BCUT2D eigenvalue weighted by atomic mass is 16.5. The molecule has 0 aliphatic rings. The molecule has 1 heterocycles. The van der Waals surface area contributed by atoms with Crippen LogP contribution in [0.15, 0.2) is 18.3 Å². The normalized spacial score (nSPS) is 10.4. The van der Waals surface area contributed by atoms with Gasteiger partial charge in [0.25, 0.3) is 0 Å². The van der Waals surface area contributed by atoms with E-state index in [0.29, 0.717) is 25.4 Å². The summed E-state index contributed by atoms with van der Waals surface area (Å²) in [4.78, 5) is 15.1. The van der Waals surface area contributed by atoms with E-state index in [9.17, 15) is 4.79 Å². The number of ether oxygens (including phenoxy) is 2. The third kappa shape index (κ3) is 5.14. The maximum Gasteiger partial charge on any atom is 0.306 e. The molecule has 0 aromatic carbocycles. The zero-order chi connectivity index (χ0) is 13.4. The second kappa shape index (κ2) is 7.66. The maximum absolute atomic E-state index is 10.9. The Kier molecular flexibility index (Phi) is 6.14. The predicted molar refractivity (Wildman–Crippen MR) is 68.3 cm³/mol. The van der Waals surface area contributed by atoms with Crippen LogP contribution in [0.3, 0.4) is 0 Å². The van der Waals surface area contributed by atoms with Crippen LogP contribution in [0.2, 0.25) is 0 Å². The Hall–Kier alpha value is -1.62. The topological polar surface area (TPSA) is 60.5 Å². The molecule has 0 radical (unpaired) electrons. The summed E-state index contributed by atoms with van der Waals surface area (Å²) in [6, 6.07) is 3.82. The number of nitrogens with one attached hydrogen (secondary N) is 1. The predicted octanol–water partition coefficient (Wildman–Crippen LogP) is 1.52. The number of pyridine rings is 1. The molecule has 5 heteroatoms. The monoisotopic (exact) mass is 252 g/mol. The van der Waals surface area contributed by atoms with Crippen LogP contribution in [0.25, 0.3) is 0 Å². The first-order chi connectivity index (χ1) is 8.63. The Balaban J connectivity index is 2.43. The summed E-state index contributed by atoms with van der Waals surface area (Å²) in [5.74, 6) is 0.422. The summed E-state index contributed by atoms with van der Waals surface area (Å²) >= 11 is 0. The van der Waals surface area contributed by atoms with Gasteiger partial charge in [0.2, 0.25) is 5.88 Å². The molecule has 0 atom stereocenters. The molecular formula is C13H20N2O3. The number of carbonyl (C=O) groups is 1. The first-order valence-corrected chi connectivity index (χ1v) is 6.01. The average molecular weight is 252 g/mol. The standard InChI is InChI=1S/C13H20N2O3/c1-10(2)18-13-11(5-4-7-15-13)9-14-8-6-12(16)17-3/h4-5,7,10,14H,6,8-9H2,1-3H3. The highest BCUT2D eigenvalue weighted by molar-refractivity contribution is 5.69. The zero-order valence-corrected chi connectivity index (χ0v) is 11.1. The molecule has 1 rings (SSSR count). The van der Waals surface area contributed by atoms with Crippen molar-refractivity contribution < 1.29 is 14.3 Å². The van der Waals surface area contributed by atoms with Gasteiger partial charge in [-0.05, 0) is 19.9 Å². The molecule has 0 amide bonds. The molecule has 0 saturated carbocycles. The smallest absolute Gasteiger partial charge is 0.306 e. The largest absolute Gasteiger partial charge is 0.475 e. The summed E-state index contributed by atoms with van der Waals surface area (Å²) in [5, 5.41) is 3.16. The van der Waals surface area contributed by atoms with Crippen LogP contribution < -0.4 is 10.1 Å². The molecular weight excluding hydrogens is 232 g/mol. The summed E-state index contributed by atoms with van der Waals surface area (Å²) in [7, 11) is 1.39. The number of aromatic nitrogens is 1. The lowest BCUT2D eigenvalue weighted by Crippen LogP contribution is -2.19. The first-order valence-electron chi connectivity index (χ1n) is 6.01. The quantitative estimate of drug-likeness (QED) is 0.589. The summed E-state index contributed by atoms with van der Waals surface area (Å²) < 4.78 is 10.2. The minimum atomic E-state index is -0.215. The van der Waals surface area contributed by atoms with Crippen LogP contribution in [0.1, 0.15) is 25.8 Å². The summed E-state index contributed by atoms with van der Waals surface area (Å²) in [5.41, 5.74) is 0.982. The van der Waals surface area contributed by atoms with E-state index in [1.807, 2.05) is 26.0 Å². The van der Waals surface area contributed by atoms with Gasteiger partial charge in [-0.2, -0.15) is 0 Å². The van der Waals surface area contributed by atoms with Gasteiger partial charge >= 0.3 is 5.97 Å². The van der Waals surface area contributed by atoms with E-state index < -0.39 is 0 Å². The molecule has 100 valence electrons. The number of hydrogen-bond donors (Lipinski definition) is 1. The molecule has 0 spiro atoms. The van der Waals surface area contributed by atoms with Gasteiger partial charge < -0.3 is 14.8 Å². The van der Waals surface area contributed by atoms with Gasteiger partial charge in [-0.1, -0.05) is 6.07 Å². The number of rotatable bonds is 7. The van der Waals surface area contributed by atoms with Crippen LogP contribution >= 0.6 is 0 Å². The fraction of sp³-hybridized carbons (Fsp3) is 0.538. The molecule has 18 heavy (non-hydrogen) atoms. The Bertz CT molecular complexity index is 380. The Morgan fingerprint density at radius 2 is 2.28 bits per heavy atom. The van der Waals surface area contributed by atoms with Crippen molar-refractivity contribution in [3.05, 3.63) is 23.9 Å². The zero-order valence-electron chi connectivity index (χ0n) is 11.1. The van der Waals surface area contributed by atoms with Crippen LogP contribution in [0, 0.1) is 0 Å². The van der Waals surface area contributed by atoms with E-state index in [1.54, 1.807) is 6.20 Å². The van der Waals surface area contributed by atoms with Gasteiger partial charge in [0, 0.05) is 24.8 Å². The Morgan fingerprint density at radius 3 is 2.94 bits per heavy atom. The third-order valence-corrected chi connectivity index (χ3v) is 2.25. The van der Waals surface area contributed by atoms with Gasteiger partial charge in [0.15, 0.2) is 0 Å². The average Bonchev–Trinajstić information content (AvgIpc) is 2.35. The Morgan fingerprint density at radius 1 is 1.50 bits per heavy atom. The van der Waals surface area contributed by atoms with Crippen molar-refractivity contribution >= 4 is 5.97 Å². The van der Waals surface area contributed by atoms with Crippen molar-refractivity contribution in [2.45, 2.75) is 32.9 Å². The SMILES string of the molecule is COC(=O)CCNCc1cccnc1OC(C)C. The highest BCUT2D eigenvalue weighted by Crippen LogP contribution is 2.15. The van der Waals surface area contributed by atoms with E-state index in [-0.39, 0.29) is 12.1 Å². The molecule has 0 aliphatic heterocycles. The van der Waals surface area contributed by atoms with Gasteiger partial charge in [0.05, 0.1) is 19.6 Å². The van der Waals surface area contributed by atoms with Crippen LogP contribution in [0.5, 0.6) is 5.88 Å². The minimum absolute atomic E-state index is 0.0914. The van der Waals surface area contributed by atoms with Gasteiger partial charge in [-0.3, -0.25) is 4.79 Å². The number of esters is 1. The lowest BCUT2D eigenvalue weighted by atomic mass is 10.2. The van der Waals surface area contributed by atoms with Crippen LogP contribution in [0.4, 0.5) is 0 Å². The second-order valence-corrected chi connectivity index (χ2v) is 4.14. The fourth-order valence-electron chi connectivity index (χ4n) is 1.40. The molecule has 5 nitrogen and oxygen atoms in total. The van der Waals surface area contributed by atoms with Crippen molar-refractivity contribution in [2.24, 2.45) is 0 Å². The molecule has 0 bridgehead atoms. The van der Waals surface area contributed by atoms with Crippen molar-refractivity contribution in [3.8, 4) is 5.88 Å². The number of carbonyl (C=O) groups excluding carboxylic acids is 1.